The van der Waals surface area contributed by atoms with Gasteiger partial charge in [0.15, 0.2) is 0 Å². The molecule has 0 spiro atoms. The zero-order chi connectivity index (χ0) is 13.4. The van der Waals surface area contributed by atoms with E-state index in [1.54, 1.807) is 0 Å². The fourth-order valence-corrected chi connectivity index (χ4v) is 2.91. The van der Waals surface area contributed by atoms with Crippen LogP contribution in [0.4, 0.5) is 0 Å². The molecular formula is C14H20N4O. The van der Waals surface area contributed by atoms with Crippen LogP contribution < -0.4 is 0 Å². The van der Waals surface area contributed by atoms with Crippen LogP contribution in [0.1, 0.15) is 29.9 Å². The molecule has 0 bridgehead atoms. The van der Waals surface area contributed by atoms with Gasteiger partial charge in [-0.2, -0.15) is 0 Å². The molecule has 2 aromatic rings. The first-order chi connectivity index (χ1) is 9.13. The molecule has 1 unspecified atom stereocenters. The Morgan fingerprint density at radius 3 is 3.05 bits per heavy atom. The van der Waals surface area contributed by atoms with Crippen LogP contribution in [0, 0.1) is 13.8 Å². The second-order valence-corrected chi connectivity index (χ2v) is 5.46. The van der Waals surface area contributed by atoms with E-state index in [1.165, 1.54) is 0 Å². The van der Waals surface area contributed by atoms with Gasteiger partial charge < -0.3 is 5.11 Å². The first-order valence-corrected chi connectivity index (χ1v) is 6.84. The Kier molecular flexibility index (Phi) is 3.24. The Hall–Kier alpha value is -1.46. The monoisotopic (exact) mass is 260 g/mol. The van der Waals surface area contributed by atoms with Gasteiger partial charge in [-0.15, -0.1) is 0 Å². The SMILES string of the molecule is Cc1cc(C)n2c(CN3CCCC(O)C3)cnc2n1. The number of aliphatic hydroxyl groups excluding tert-OH is 1. The van der Waals surface area contributed by atoms with Gasteiger partial charge in [0.2, 0.25) is 5.78 Å². The number of rotatable bonds is 2. The van der Waals surface area contributed by atoms with E-state index in [4.69, 9.17) is 0 Å². The van der Waals surface area contributed by atoms with Crippen molar-refractivity contribution in [3.8, 4) is 0 Å². The Morgan fingerprint density at radius 2 is 2.26 bits per heavy atom. The largest absolute Gasteiger partial charge is 0.392 e. The lowest BCUT2D eigenvalue weighted by molar-refractivity contribution is 0.0660. The third kappa shape index (κ3) is 2.48. The number of piperidine rings is 1. The van der Waals surface area contributed by atoms with Gasteiger partial charge in [-0.05, 0) is 39.3 Å². The number of nitrogens with zero attached hydrogens (tertiary/aromatic N) is 4. The van der Waals surface area contributed by atoms with Gasteiger partial charge in [0.05, 0.1) is 18.0 Å². The van der Waals surface area contributed by atoms with Crippen molar-refractivity contribution in [1.29, 1.82) is 0 Å². The highest BCUT2D eigenvalue weighted by molar-refractivity contribution is 5.35. The van der Waals surface area contributed by atoms with Crippen molar-refractivity contribution in [2.24, 2.45) is 0 Å². The van der Waals surface area contributed by atoms with E-state index in [0.29, 0.717) is 0 Å². The molecule has 1 N–H and O–H groups in total. The van der Waals surface area contributed by atoms with E-state index in [0.717, 1.165) is 55.3 Å². The van der Waals surface area contributed by atoms with E-state index < -0.39 is 0 Å². The van der Waals surface area contributed by atoms with Crippen molar-refractivity contribution in [3.63, 3.8) is 0 Å². The molecule has 0 radical (unpaired) electrons. The van der Waals surface area contributed by atoms with Crippen LogP contribution in [0.3, 0.4) is 0 Å². The van der Waals surface area contributed by atoms with Gasteiger partial charge >= 0.3 is 0 Å². The van der Waals surface area contributed by atoms with E-state index in [2.05, 4.69) is 32.3 Å². The molecule has 102 valence electrons. The summed E-state index contributed by atoms with van der Waals surface area (Å²) in [5.41, 5.74) is 3.30. The number of fused-ring (bicyclic) bond motifs is 1. The summed E-state index contributed by atoms with van der Waals surface area (Å²) in [7, 11) is 0. The van der Waals surface area contributed by atoms with Crippen LogP contribution in [-0.4, -0.2) is 43.6 Å². The molecule has 5 nitrogen and oxygen atoms in total. The van der Waals surface area contributed by atoms with E-state index in [9.17, 15) is 5.11 Å². The Bertz CT molecular complexity index is 592. The summed E-state index contributed by atoms with van der Waals surface area (Å²) in [6.07, 6.45) is 3.70. The van der Waals surface area contributed by atoms with E-state index in [1.807, 2.05) is 13.1 Å². The van der Waals surface area contributed by atoms with Gasteiger partial charge in [-0.25, -0.2) is 9.97 Å². The van der Waals surface area contributed by atoms with Crippen molar-refractivity contribution in [1.82, 2.24) is 19.3 Å². The third-order valence-electron chi connectivity index (χ3n) is 3.73. The molecule has 0 amide bonds. The molecule has 5 heteroatoms. The van der Waals surface area contributed by atoms with Gasteiger partial charge in [0.25, 0.3) is 0 Å². The standard InChI is InChI=1S/C14H20N4O/c1-10-6-11(2)18-12(7-15-14(18)16-10)8-17-5-3-4-13(19)9-17/h6-7,13,19H,3-5,8-9H2,1-2H3. The van der Waals surface area contributed by atoms with Crippen LogP contribution >= 0.6 is 0 Å². The number of aryl methyl sites for hydroxylation is 2. The Labute approximate surface area is 112 Å². The van der Waals surface area contributed by atoms with Crippen LogP contribution in [-0.2, 0) is 6.54 Å². The zero-order valence-corrected chi connectivity index (χ0v) is 11.5. The van der Waals surface area contributed by atoms with Gasteiger partial charge in [-0.1, -0.05) is 0 Å². The lowest BCUT2D eigenvalue weighted by Gasteiger charge is -2.29. The smallest absolute Gasteiger partial charge is 0.234 e. The number of likely N-dealkylation sites (tertiary alicyclic amines) is 1. The van der Waals surface area contributed by atoms with Crippen LogP contribution in [0.5, 0.6) is 0 Å². The molecule has 1 saturated heterocycles. The maximum Gasteiger partial charge on any atom is 0.234 e. The maximum atomic E-state index is 9.74. The predicted molar refractivity (Wildman–Crippen MR) is 73.0 cm³/mol. The molecule has 1 aliphatic rings. The predicted octanol–water partition coefficient (Wildman–Crippen LogP) is 1.30. The van der Waals surface area contributed by atoms with E-state index in [-0.39, 0.29) is 6.10 Å². The van der Waals surface area contributed by atoms with Gasteiger partial charge in [-0.3, -0.25) is 9.30 Å². The Morgan fingerprint density at radius 1 is 1.42 bits per heavy atom. The maximum absolute atomic E-state index is 9.74. The molecule has 3 heterocycles. The summed E-state index contributed by atoms with van der Waals surface area (Å²) in [5, 5.41) is 9.74. The van der Waals surface area contributed by atoms with Crippen LogP contribution in [0.25, 0.3) is 5.78 Å². The second kappa shape index (κ2) is 4.90. The summed E-state index contributed by atoms with van der Waals surface area (Å²) >= 11 is 0. The molecule has 0 aromatic carbocycles. The minimum Gasteiger partial charge on any atom is -0.392 e. The number of imidazole rings is 1. The molecular weight excluding hydrogens is 240 g/mol. The van der Waals surface area contributed by atoms with Crippen LogP contribution in [0.15, 0.2) is 12.3 Å². The van der Waals surface area contributed by atoms with E-state index >= 15 is 0 Å². The highest BCUT2D eigenvalue weighted by atomic mass is 16.3. The molecule has 0 saturated carbocycles. The average molecular weight is 260 g/mol. The number of hydrogen-bond donors (Lipinski definition) is 1. The lowest BCUT2D eigenvalue weighted by Crippen LogP contribution is -2.37. The molecule has 3 rings (SSSR count). The first kappa shape index (κ1) is 12.6. The van der Waals surface area contributed by atoms with Crippen molar-refractivity contribution in [2.45, 2.75) is 39.3 Å². The summed E-state index contributed by atoms with van der Waals surface area (Å²) in [5.74, 6) is 0.769. The van der Waals surface area contributed by atoms with Crippen molar-refractivity contribution >= 4 is 5.78 Å². The fraction of sp³-hybridized carbons (Fsp3) is 0.571. The van der Waals surface area contributed by atoms with Crippen molar-refractivity contribution < 1.29 is 5.11 Å². The lowest BCUT2D eigenvalue weighted by atomic mass is 10.1. The van der Waals surface area contributed by atoms with Crippen molar-refractivity contribution in [3.05, 3.63) is 29.3 Å². The van der Waals surface area contributed by atoms with Crippen molar-refractivity contribution in [2.75, 3.05) is 13.1 Å². The third-order valence-corrected chi connectivity index (χ3v) is 3.73. The first-order valence-electron chi connectivity index (χ1n) is 6.84. The Balaban J connectivity index is 1.89. The highest BCUT2D eigenvalue weighted by Gasteiger charge is 2.19. The molecule has 1 fully saturated rings. The summed E-state index contributed by atoms with van der Waals surface area (Å²) in [6.45, 7) is 6.69. The molecule has 1 atom stereocenters. The molecule has 1 aliphatic heterocycles. The number of aliphatic hydroxyl groups is 1. The van der Waals surface area contributed by atoms with Crippen LogP contribution in [0.2, 0.25) is 0 Å². The number of hydrogen-bond acceptors (Lipinski definition) is 4. The topological polar surface area (TPSA) is 53.7 Å². The molecule has 2 aromatic heterocycles. The second-order valence-electron chi connectivity index (χ2n) is 5.46. The minimum absolute atomic E-state index is 0.186. The summed E-state index contributed by atoms with van der Waals surface area (Å²) in [6, 6.07) is 2.07. The van der Waals surface area contributed by atoms with Gasteiger partial charge in [0.1, 0.15) is 0 Å². The normalized spacial score (nSPS) is 21.1. The molecule has 0 aliphatic carbocycles. The number of β-amino-alcohol motifs (C(OH)–C–C–N with tert-alkyl or cyclic N) is 1. The zero-order valence-electron chi connectivity index (χ0n) is 11.5. The quantitative estimate of drug-likeness (QED) is 0.884. The average Bonchev–Trinajstić information content (AvgIpc) is 2.72. The number of aromatic nitrogens is 3. The molecule has 19 heavy (non-hydrogen) atoms. The summed E-state index contributed by atoms with van der Waals surface area (Å²) in [4.78, 5) is 11.1. The van der Waals surface area contributed by atoms with Gasteiger partial charge in [0, 0.05) is 24.5 Å². The minimum atomic E-state index is -0.186. The summed E-state index contributed by atoms with van der Waals surface area (Å²) < 4.78 is 2.11. The fourth-order valence-electron chi connectivity index (χ4n) is 2.91. The highest BCUT2D eigenvalue weighted by Crippen LogP contribution is 2.16.